The highest BCUT2D eigenvalue weighted by atomic mass is 16.3. The van der Waals surface area contributed by atoms with Gasteiger partial charge in [-0.1, -0.05) is 38.1 Å². The minimum absolute atomic E-state index is 0.136. The monoisotopic (exact) mass is 438 g/mol. The van der Waals surface area contributed by atoms with Crippen molar-refractivity contribution < 1.29 is 14.7 Å². The van der Waals surface area contributed by atoms with E-state index in [4.69, 9.17) is 0 Å². The molecule has 0 bridgehead atoms. The van der Waals surface area contributed by atoms with E-state index in [2.05, 4.69) is 18.9 Å². The van der Waals surface area contributed by atoms with Crippen molar-refractivity contribution in [3.05, 3.63) is 57.9 Å². The van der Waals surface area contributed by atoms with Gasteiger partial charge in [0.1, 0.15) is 5.76 Å². The number of hydrogen-bond donors (Lipinski definition) is 1. The van der Waals surface area contributed by atoms with E-state index in [1.165, 1.54) is 5.56 Å². The van der Waals surface area contributed by atoms with Gasteiger partial charge in [-0.3, -0.25) is 14.3 Å². The summed E-state index contributed by atoms with van der Waals surface area (Å²) in [6, 6.07) is 7.35. The van der Waals surface area contributed by atoms with Crippen LogP contribution in [0.5, 0.6) is 0 Å². The van der Waals surface area contributed by atoms with Crippen molar-refractivity contribution in [3.8, 4) is 0 Å². The molecule has 0 radical (unpaired) electrons. The predicted octanol–water partition coefficient (Wildman–Crippen LogP) is 3.53. The van der Waals surface area contributed by atoms with Gasteiger partial charge in [0.05, 0.1) is 22.9 Å². The van der Waals surface area contributed by atoms with Gasteiger partial charge in [0.2, 0.25) is 0 Å². The van der Waals surface area contributed by atoms with E-state index in [-0.39, 0.29) is 11.3 Å². The van der Waals surface area contributed by atoms with Crippen molar-refractivity contribution in [1.82, 2.24) is 19.6 Å². The van der Waals surface area contributed by atoms with Crippen LogP contribution in [0.2, 0.25) is 0 Å². The summed E-state index contributed by atoms with van der Waals surface area (Å²) in [5.41, 5.74) is 4.01. The molecular formula is C25H34N4O3. The number of aliphatic hydroxyl groups excluding tert-OH is 1. The van der Waals surface area contributed by atoms with Crippen molar-refractivity contribution in [1.29, 1.82) is 0 Å². The number of rotatable bonds is 7. The van der Waals surface area contributed by atoms with Crippen molar-refractivity contribution in [2.75, 3.05) is 27.2 Å². The molecule has 1 aromatic heterocycles. The Labute approximate surface area is 190 Å². The van der Waals surface area contributed by atoms with E-state index in [0.29, 0.717) is 23.7 Å². The number of amides is 1. The summed E-state index contributed by atoms with van der Waals surface area (Å²) in [7, 11) is 5.75. The normalized spacial score (nSPS) is 18.4. The number of nitrogens with zero attached hydrogens (tertiary/aromatic N) is 4. The molecule has 1 unspecified atom stereocenters. The van der Waals surface area contributed by atoms with Crippen molar-refractivity contribution >= 4 is 17.4 Å². The maximum Gasteiger partial charge on any atom is 0.295 e. The number of ketones is 1. The van der Waals surface area contributed by atoms with Gasteiger partial charge < -0.3 is 14.9 Å². The molecule has 2 aromatic rings. The van der Waals surface area contributed by atoms with E-state index < -0.39 is 17.7 Å². The van der Waals surface area contributed by atoms with Gasteiger partial charge in [0.25, 0.3) is 11.7 Å². The maximum absolute atomic E-state index is 13.2. The first-order chi connectivity index (χ1) is 15.0. The molecule has 1 aliphatic rings. The summed E-state index contributed by atoms with van der Waals surface area (Å²) in [6.45, 7) is 9.10. The lowest BCUT2D eigenvalue weighted by Crippen LogP contribution is -2.32. The second-order valence-corrected chi connectivity index (χ2v) is 9.14. The molecule has 172 valence electrons. The molecule has 0 aliphatic carbocycles. The molecule has 1 aliphatic heterocycles. The van der Waals surface area contributed by atoms with Crippen LogP contribution in [0.4, 0.5) is 0 Å². The molecule has 1 N–H and O–H groups in total. The second kappa shape index (κ2) is 9.28. The summed E-state index contributed by atoms with van der Waals surface area (Å²) < 4.78 is 1.67. The first kappa shape index (κ1) is 23.7. The maximum atomic E-state index is 13.2. The molecule has 1 amide bonds. The second-order valence-electron chi connectivity index (χ2n) is 9.14. The van der Waals surface area contributed by atoms with Crippen LogP contribution in [0, 0.1) is 13.8 Å². The quantitative estimate of drug-likeness (QED) is 0.406. The summed E-state index contributed by atoms with van der Waals surface area (Å²) in [5.74, 6) is -0.994. The Morgan fingerprint density at radius 1 is 1.16 bits per heavy atom. The van der Waals surface area contributed by atoms with Gasteiger partial charge in [0.15, 0.2) is 0 Å². The largest absolute Gasteiger partial charge is 0.507 e. The molecular weight excluding hydrogens is 404 g/mol. The molecule has 1 saturated heterocycles. The number of aliphatic hydroxyl groups is 1. The van der Waals surface area contributed by atoms with Crippen LogP contribution in [-0.2, 0) is 16.6 Å². The van der Waals surface area contributed by atoms with Crippen LogP contribution >= 0.6 is 0 Å². The highest BCUT2D eigenvalue weighted by Crippen LogP contribution is 2.40. The van der Waals surface area contributed by atoms with E-state index in [9.17, 15) is 14.7 Å². The zero-order valence-corrected chi connectivity index (χ0v) is 20.1. The van der Waals surface area contributed by atoms with Gasteiger partial charge in [-0.2, -0.15) is 5.10 Å². The van der Waals surface area contributed by atoms with Crippen molar-refractivity contribution in [2.24, 2.45) is 7.05 Å². The molecule has 1 fully saturated rings. The number of carbonyl (C=O) groups excluding carboxylic acids is 2. The van der Waals surface area contributed by atoms with E-state index in [0.717, 1.165) is 24.2 Å². The van der Waals surface area contributed by atoms with Gasteiger partial charge >= 0.3 is 0 Å². The molecule has 32 heavy (non-hydrogen) atoms. The summed E-state index contributed by atoms with van der Waals surface area (Å²) in [5, 5.41) is 15.7. The number of likely N-dealkylation sites (tertiary alicyclic amines) is 1. The fraction of sp³-hybridized carbons (Fsp3) is 0.480. The van der Waals surface area contributed by atoms with Gasteiger partial charge in [-0.15, -0.1) is 0 Å². The van der Waals surface area contributed by atoms with E-state index in [1.54, 1.807) is 23.6 Å². The molecule has 1 aromatic carbocycles. The highest BCUT2D eigenvalue weighted by molar-refractivity contribution is 6.46. The SMILES string of the molecule is Cc1nn(C)c(C)c1C(O)=C1C(=O)C(=O)N(CCCN(C)C)C1c1ccc(C(C)C)cc1. The third-order valence-electron chi connectivity index (χ3n) is 6.21. The number of Topliss-reactive ketones (excluding diaryl/α,β-unsaturated/α-hetero) is 1. The number of aryl methyl sites for hydroxylation is 2. The van der Waals surface area contributed by atoms with Crippen molar-refractivity contribution in [2.45, 2.75) is 46.1 Å². The van der Waals surface area contributed by atoms with E-state index >= 15 is 0 Å². The van der Waals surface area contributed by atoms with Crippen LogP contribution in [0.3, 0.4) is 0 Å². The minimum Gasteiger partial charge on any atom is -0.507 e. The highest BCUT2D eigenvalue weighted by Gasteiger charge is 2.46. The van der Waals surface area contributed by atoms with Crippen LogP contribution in [0.25, 0.3) is 5.76 Å². The number of benzene rings is 1. The average molecular weight is 439 g/mol. The van der Waals surface area contributed by atoms with Gasteiger partial charge in [-0.05, 0) is 58.0 Å². The molecule has 3 rings (SSSR count). The first-order valence-electron chi connectivity index (χ1n) is 11.1. The molecule has 1 atom stereocenters. The summed E-state index contributed by atoms with van der Waals surface area (Å²) in [6.07, 6.45) is 0.728. The average Bonchev–Trinajstić information content (AvgIpc) is 3.13. The third kappa shape index (κ3) is 4.35. The molecule has 2 heterocycles. The standard InChI is InChI=1S/C25H34N4O3/c1-15(2)18-9-11-19(12-10-18)22-21(23(30)20-16(3)26-28(7)17(20)4)24(31)25(32)29(22)14-8-13-27(5)6/h9-12,15,22,30H,8,13-14H2,1-7H3. The number of hydrogen-bond acceptors (Lipinski definition) is 5. The van der Waals surface area contributed by atoms with Crippen molar-refractivity contribution in [3.63, 3.8) is 0 Å². The Hall–Kier alpha value is -2.93. The fourth-order valence-corrected chi connectivity index (χ4v) is 4.33. The van der Waals surface area contributed by atoms with Crippen LogP contribution in [0.1, 0.15) is 60.3 Å². The number of aromatic nitrogens is 2. The molecule has 0 saturated carbocycles. The third-order valence-corrected chi connectivity index (χ3v) is 6.21. The molecule has 7 heteroatoms. The Kier molecular flexibility index (Phi) is 6.88. The lowest BCUT2D eigenvalue weighted by molar-refractivity contribution is -0.139. The Balaban J connectivity index is 2.14. The smallest absolute Gasteiger partial charge is 0.295 e. The Morgan fingerprint density at radius 2 is 1.78 bits per heavy atom. The van der Waals surface area contributed by atoms with Crippen LogP contribution < -0.4 is 0 Å². The molecule has 7 nitrogen and oxygen atoms in total. The fourth-order valence-electron chi connectivity index (χ4n) is 4.33. The van der Waals surface area contributed by atoms with Gasteiger partial charge in [0, 0.05) is 19.3 Å². The van der Waals surface area contributed by atoms with Crippen LogP contribution in [-0.4, -0.2) is 63.6 Å². The minimum atomic E-state index is -0.645. The van der Waals surface area contributed by atoms with Gasteiger partial charge in [-0.25, -0.2) is 0 Å². The topological polar surface area (TPSA) is 78.7 Å². The predicted molar refractivity (Wildman–Crippen MR) is 125 cm³/mol. The zero-order chi connectivity index (χ0) is 23.7. The number of carbonyl (C=O) groups is 2. The Morgan fingerprint density at radius 3 is 2.28 bits per heavy atom. The first-order valence-corrected chi connectivity index (χ1v) is 11.1. The van der Waals surface area contributed by atoms with E-state index in [1.807, 2.05) is 50.2 Å². The Bertz CT molecular complexity index is 1050. The summed E-state index contributed by atoms with van der Waals surface area (Å²) in [4.78, 5) is 29.9. The summed E-state index contributed by atoms with van der Waals surface area (Å²) >= 11 is 0. The van der Waals surface area contributed by atoms with Crippen LogP contribution in [0.15, 0.2) is 29.8 Å². The lowest BCUT2D eigenvalue weighted by Gasteiger charge is -2.26. The lowest BCUT2D eigenvalue weighted by atomic mass is 9.93. The zero-order valence-electron chi connectivity index (χ0n) is 20.1. The molecule has 0 spiro atoms.